The molecule has 0 amide bonds. The Bertz CT molecular complexity index is 573. The van der Waals surface area contributed by atoms with E-state index in [4.69, 9.17) is 5.11 Å². The molecule has 0 spiro atoms. The quantitative estimate of drug-likeness (QED) is 0.757. The molecule has 0 atom stereocenters. The fourth-order valence-corrected chi connectivity index (χ4v) is 1.44. The second-order valence-electron chi connectivity index (χ2n) is 3.04. The van der Waals surface area contributed by atoms with Crippen molar-refractivity contribution in [3.05, 3.63) is 35.9 Å². The van der Waals surface area contributed by atoms with Crippen LogP contribution < -0.4 is 0 Å². The molecule has 1 N–H and O–H groups in total. The number of hydrogen-bond acceptors (Lipinski definition) is 4. The second kappa shape index (κ2) is 3.65. The first-order valence-corrected chi connectivity index (χ1v) is 4.44. The van der Waals surface area contributed by atoms with Gasteiger partial charge in [0.05, 0.1) is 12.6 Å². The molecule has 0 aliphatic rings. The van der Waals surface area contributed by atoms with Crippen LogP contribution in [0.2, 0.25) is 0 Å². The number of hydrogen-bond donors (Lipinski definition) is 1. The summed E-state index contributed by atoms with van der Waals surface area (Å²) in [5, 5.41) is 8.92. The maximum Gasteiger partial charge on any atom is 0.372 e. The zero-order valence-corrected chi connectivity index (χ0v) is 8.38. The lowest BCUT2D eigenvalue weighted by Crippen LogP contribution is -2.04. The van der Waals surface area contributed by atoms with Gasteiger partial charge in [0.15, 0.2) is 5.69 Å². The maximum atomic E-state index is 11.4. The highest BCUT2D eigenvalue weighted by molar-refractivity contribution is 5.97. The van der Waals surface area contributed by atoms with Crippen molar-refractivity contribution in [3.8, 4) is 0 Å². The predicted octanol–water partition coefficient (Wildman–Crippen LogP) is 0.819. The van der Waals surface area contributed by atoms with Crippen molar-refractivity contribution in [2.45, 2.75) is 0 Å². The number of pyridine rings is 1. The smallest absolute Gasteiger partial charge is 0.372 e. The molecule has 2 heterocycles. The molecule has 0 bridgehead atoms. The Kier molecular flexibility index (Phi) is 2.32. The molecule has 0 fully saturated rings. The van der Waals surface area contributed by atoms with Crippen molar-refractivity contribution in [1.82, 2.24) is 9.38 Å². The van der Waals surface area contributed by atoms with Crippen molar-refractivity contribution in [1.29, 1.82) is 0 Å². The lowest BCUT2D eigenvalue weighted by molar-refractivity contribution is 0.0597. The van der Waals surface area contributed by atoms with Gasteiger partial charge in [-0.3, -0.25) is 4.40 Å². The molecule has 16 heavy (non-hydrogen) atoms. The Labute approximate surface area is 90.1 Å². The van der Waals surface area contributed by atoms with Gasteiger partial charge >= 0.3 is 11.9 Å². The van der Waals surface area contributed by atoms with Gasteiger partial charge in [0, 0.05) is 6.20 Å². The molecule has 6 nitrogen and oxygen atoms in total. The van der Waals surface area contributed by atoms with E-state index >= 15 is 0 Å². The number of carbonyl (C=O) groups excluding carboxylic acids is 1. The number of carboxylic acid groups (broad SMARTS) is 1. The third-order valence-electron chi connectivity index (χ3n) is 2.12. The molecule has 0 aromatic carbocycles. The summed E-state index contributed by atoms with van der Waals surface area (Å²) in [6.45, 7) is 0. The van der Waals surface area contributed by atoms with Crippen molar-refractivity contribution in [2.24, 2.45) is 0 Å². The monoisotopic (exact) mass is 220 g/mol. The highest BCUT2D eigenvalue weighted by Gasteiger charge is 2.20. The third kappa shape index (κ3) is 1.40. The van der Waals surface area contributed by atoms with E-state index in [2.05, 4.69) is 9.72 Å². The van der Waals surface area contributed by atoms with Gasteiger partial charge in [0.25, 0.3) is 0 Å². The molecule has 2 aromatic heterocycles. The summed E-state index contributed by atoms with van der Waals surface area (Å²) < 4.78 is 5.86. The van der Waals surface area contributed by atoms with Gasteiger partial charge < -0.3 is 9.84 Å². The van der Waals surface area contributed by atoms with E-state index in [-0.39, 0.29) is 11.5 Å². The average molecular weight is 220 g/mol. The van der Waals surface area contributed by atoms with Crippen LogP contribution in [-0.4, -0.2) is 33.5 Å². The molecule has 0 saturated heterocycles. The van der Waals surface area contributed by atoms with Gasteiger partial charge in [0.2, 0.25) is 5.82 Å². The SMILES string of the molecule is COC(=O)c1nc(C(=O)O)n2ccccc12. The number of aromatic nitrogens is 2. The van der Waals surface area contributed by atoms with E-state index in [0.717, 1.165) is 0 Å². The summed E-state index contributed by atoms with van der Waals surface area (Å²) in [6, 6.07) is 4.95. The van der Waals surface area contributed by atoms with Crippen molar-refractivity contribution < 1.29 is 19.4 Å². The number of methoxy groups -OCH3 is 1. The Balaban J connectivity index is 2.76. The zero-order chi connectivity index (χ0) is 11.7. The van der Waals surface area contributed by atoms with Crippen LogP contribution in [0.15, 0.2) is 24.4 Å². The number of carbonyl (C=O) groups is 2. The summed E-state index contributed by atoms with van der Waals surface area (Å²) in [6.07, 6.45) is 1.53. The Hall–Kier alpha value is -2.37. The number of ether oxygens (including phenoxy) is 1. The van der Waals surface area contributed by atoms with Crippen LogP contribution in [0.1, 0.15) is 21.1 Å². The fraction of sp³-hybridized carbons (Fsp3) is 0.100. The van der Waals surface area contributed by atoms with Crippen molar-refractivity contribution in [2.75, 3.05) is 7.11 Å². The summed E-state index contributed by atoms with van der Waals surface area (Å²) in [5.41, 5.74) is 0.409. The minimum absolute atomic E-state index is 0.000463. The van der Waals surface area contributed by atoms with Crippen LogP contribution >= 0.6 is 0 Å². The van der Waals surface area contributed by atoms with Crippen LogP contribution in [0.3, 0.4) is 0 Å². The standard InChI is InChI=1S/C10H8N2O4/c1-16-10(15)7-6-4-2-3-5-12(6)8(11-7)9(13)14/h2-5H,1H3,(H,13,14). The summed E-state index contributed by atoms with van der Waals surface area (Å²) in [4.78, 5) is 26.0. The Morgan fingerprint density at radius 2 is 2.19 bits per heavy atom. The van der Waals surface area contributed by atoms with Gasteiger partial charge in [0.1, 0.15) is 0 Å². The topological polar surface area (TPSA) is 80.9 Å². The first-order chi connectivity index (χ1) is 7.65. The molecule has 6 heteroatoms. The van der Waals surface area contributed by atoms with Crippen LogP contribution in [0.4, 0.5) is 0 Å². The molecule has 0 radical (unpaired) electrons. The van der Waals surface area contributed by atoms with E-state index in [0.29, 0.717) is 5.52 Å². The lowest BCUT2D eigenvalue weighted by Gasteiger charge is -1.95. The van der Waals surface area contributed by atoms with E-state index < -0.39 is 11.9 Å². The average Bonchev–Trinajstić information content (AvgIpc) is 2.67. The Morgan fingerprint density at radius 1 is 1.44 bits per heavy atom. The fourth-order valence-electron chi connectivity index (χ4n) is 1.44. The molecular formula is C10H8N2O4. The number of imidazole rings is 1. The zero-order valence-electron chi connectivity index (χ0n) is 8.38. The lowest BCUT2D eigenvalue weighted by atomic mass is 10.3. The molecule has 0 aliphatic carbocycles. The predicted molar refractivity (Wildman–Crippen MR) is 53.5 cm³/mol. The number of fused-ring (bicyclic) bond motifs is 1. The number of carboxylic acids is 1. The normalized spacial score (nSPS) is 10.3. The van der Waals surface area contributed by atoms with E-state index in [1.807, 2.05) is 0 Å². The molecule has 0 aliphatic heterocycles. The minimum Gasteiger partial charge on any atom is -0.475 e. The van der Waals surface area contributed by atoms with Crippen molar-refractivity contribution in [3.63, 3.8) is 0 Å². The molecule has 82 valence electrons. The van der Waals surface area contributed by atoms with E-state index in [1.54, 1.807) is 18.2 Å². The second-order valence-corrected chi connectivity index (χ2v) is 3.04. The first kappa shape index (κ1) is 10.2. The summed E-state index contributed by atoms with van der Waals surface area (Å²) in [7, 11) is 1.22. The van der Waals surface area contributed by atoms with Gasteiger partial charge in [-0.15, -0.1) is 0 Å². The minimum atomic E-state index is -1.20. The summed E-state index contributed by atoms with van der Waals surface area (Å²) >= 11 is 0. The molecule has 0 unspecified atom stereocenters. The van der Waals surface area contributed by atoms with E-state index in [1.165, 1.54) is 17.7 Å². The van der Waals surface area contributed by atoms with E-state index in [9.17, 15) is 9.59 Å². The maximum absolute atomic E-state index is 11.4. The molecule has 2 aromatic rings. The van der Waals surface area contributed by atoms with Crippen LogP contribution in [0.5, 0.6) is 0 Å². The highest BCUT2D eigenvalue weighted by atomic mass is 16.5. The van der Waals surface area contributed by atoms with Gasteiger partial charge in [-0.05, 0) is 12.1 Å². The number of rotatable bonds is 2. The Morgan fingerprint density at radius 3 is 2.81 bits per heavy atom. The van der Waals surface area contributed by atoms with Crippen LogP contribution in [0.25, 0.3) is 5.52 Å². The van der Waals surface area contributed by atoms with Crippen LogP contribution in [-0.2, 0) is 4.74 Å². The highest BCUT2D eigenvalue weighted by Crippen LogP contribution is 2.13. The molecule has 0 saturated carbocycles. The molecular weight excluding hydrogens is 212 g/mol. The number of aromatic carboxylic acids is 1. The van der Waals surface area contributed by atoms with Gasteiger partial charge in [-0.2, -0.15) is 0 Å². The number of esters is 1. The third-order valence-corrected chi connectivity index (χ3v) is 2.12. The molecule has 2 rings (SSSR count). The van der Waals surface area contributed by atoms with Crippen LogP contribution in [0, 0.1) is 0 Å². The largest absolute Gasteiger partial charge is 0.475 e. The number of nitrogens with zero attached hydrogens (tertiary/aromatic N) is 2. The summed E-state index contributed by atoms with van der Waals surface area (Å²) in [5.74, 6) is -2.07. The van der Waals surface area contributed by atoms with Gasteiger partial charge in [-0.1, -0.05) is 6.07 Å². The van der Waals surface area contributed by atoms with Crippen molar-refractivity contribution >= 4 is 17.5 Å². The van der Waals surface area contributed by atoms with Gasteiger partial charge in [-0.25, -0.2) is 14.6 Å². The first-order valence-electron chi connectivity index (χ1n) is 4.44.